The van der Waals surface area contributed by atoms with Crippen molar-refractivity contribution in [3.63, 3.8) is 0 Å². The van der Waals surface area contributed by atoms with E-state index in [2.05, 4.69) is 10.6 Å². The number of carbonyl (C=O) groups excluding carboxylic acids is 1. The fraction of sp³-hybridized carbons (Fsp3) is 0.636. The molecule has 1 aliphatic heterocycles. The molecule has 0 radical (unpaired) electrons. The fourth-order valence-electron chi connectivity index (χ4n) is 3.47. The topological polar surface area (TPSA) is 115 Å². The second-order valence-corrected chi connectivity index (χ2v) is 8.94. The summed E-state index contributed by atoms with van der Waals surface area (Å²) in [6.07, 6.45) is 0.806. The molecule has 1 aliphatic rings. The number of aryl methyl sites for hydroxylation is 1. The summed E-state index contributed by atoms with van der Waals surface area (Å²) in [5, 5.41) is 14.1. The van der Waals surface area contributed by atoms with E-state index in [1.807, 2.05) is 52.0 Å². The van der Waals surface area contributed by atoms with Crippen LogP contribution in [0.3, 0.4) is 0 Å². The quantitative estimate of drug-likeness (QED) is 0.444. The SMILES string of the molecule is COC[C@@H](NC(=O)O)C(=O)N[C@@H](CCCc1cccc(OC)c1)B1OC(C)(C)C(C)(C)O1. The number of hydrogen-bond acceptors (Lipinski definition) is 6. The highest BCUT2D eigenvalue weighted by atomic mass is 16.7. The number of methoxy groups -OCH3 is 2. The number of rotatable bonds is 11. The lowest BCUT2D eigenvalue weighted by Gasteiger charge is -2.32. The minimum absolute atomic E-state index is 0.0853. The van der Waals surface area contributed by atoms with Crippen LogP contribution in [0.1, 0.15) is 46.1 Å². The van der Waals surface area contributed by atoms with Crippen LogP contribution in [0.4, 0.5) is 4.79 Å². The van der Waals surface area contributed by atoms with Gasteiger partial charge >= 0.3 is 13.2 Å². The van der Waals surface area contributed by atoms with Gasteiger partial charge < -0.3 is 34.5 Å². The Morgan fingerprint density at radius 3 is 2.34 bits per heavy atom. The lowest BCUT2D eigenvalue weighted by molar-refractivity contribution is -0.124. The Balaban J connectivity index is 2.11. The summed E-state index contributed by atoms with van der Waals surface area (Å²) < 4.78 is 22.6. The molecule has 0 saturated carbocycles. The summed E-state index contributed by atoms with van der Waals surface area (Å²) in [7, 11) is 2.37. The van der Waals surface area contributed by atoms with Gasteiger partial charge in [0.25, 0.3) is 0 Å². The smallest absolute Gasteiger partial charge is 0.481 e. The van der Waals surface area contributed by atoms with E-state index in [1.54, 1.807) is 7.11 Å². The van der Waals surface area contributed by atoms with Crippen molar-refractivity contribution in [2.45, 2.75) is 70.1 Å². The van der Waals surface area contributed by atoms with Crippen molar-refractivity contribution in [3.8, 4) is 5.75 Å². The van der Waals surface area contributed by atoms with E-state index in [-0.39, 0.29) is 6.61 Å². The van der Waals surface area contributed by atoms with Crippen LogP contribution in [0.2, 0.25) is 0 Å². The van der Waals surface area contributed by atoms with E-state index in [9.17, 15) is 9.59 Å². The molecule has 3 N–H and O–H groups in total. The average molecular weight is 450 g/mol. The van der Waals surface area contributed by atoms with E-state index in [1.165, 1.54) is 7.11 Å². The van der Waals surface area contributed by atoms with E-state index in [0.717, 1.165) is 24.2 Å². The van der Waals surface area contributed by atoms with Crippen LogP contribution in [0.15, 0.2) is 24.3 Å². The summed E-state index contributed by atoms with van der Waals surface area (Å²) >= 11 is 0. The highest BCUT2D eigenvalue weighted by molar-refractivity contribution is 6.48. The first kappa shape index (κ1) is 26.0. The van der Waals surface area contributed by atoms with Crippen molar-refractivity contribution in [1.29, 1.82) is 0 Å². The Morgan fingerprint density at radius 1 is 1.12 bits per heavy atom. The number of nitrogens with one attached hydrogen (secondary N) is 2. The van der Waals surface area contributed by atoms with Gasteiger partial charge in [0.15, 0.2) is 0 Å². The molecule has 2 rings (SSSR count). The Morgan fingerprint density at radius 2 is 1.78 bits per heavy atom. The van der Waals surface area contributed by atoms with Crippen LogP contribution in [-0.2, 0) is 25.3 Å². The molecule has 0 bridgehead atoms. The monoisotopic (exact) mass is 450 g/mol. The van der Waals surface area contributed by atoms with Crippen molar-refractivity contribution in [2.75, 3.05) is 20.8 Å². The predicted molar refractivity (Wildman–Crippen MR) is 121 cm³/mol. The lowest BCUT2D eigenvalue weighted by Crippen LogP contribution is -2.55. The number of ether oxygens (including phenoxy) is 2. The summed E-state index contributed by atoms with van der Waals surface area (Å²) in [6.45, 7) is 7.70. The third-order valence-corrected chi connectivity index (χ3v) is 5.99. The van der Waals surface area contributed by atoms with Gasteiger partial charge in [-0.25, -0.2) is 4.79 Å². The van der Waals surface area contributed by atoms with Crippen LogP contribution in [0.5, 0.6) is 5.75 Å². The molecule has 0 spiro atoms. The Labute approximate surface area is 190 Å². The zero-order valence-corrected chi connectivity index (χ0v) is 19.8. The van der Waals surface area contributed by atoms with Gasteiger partial charge in [-0.3, -0.25) is 4.79 Å². The van der Waals surface area contributed by atoms with Crippen LogP contribution < -0.4 is 15.4 Å². The van der Waals surface area contributed by atoms with Gasteiger partial charge in [-0.05, 0) is 64.7 Å². The molecule has 2 atom stereocenters. The highest BCUT2D eigenvalue weighted by Gasteiger charge is 2.54. The van der Waals surface area contributed by atoms with Crippen LogP contribution in [0.25, 0.3) is 0 Å². The van der Waals surface area contributed by atoms with Gasteiger partial charge in [-0.2, -0.15) is 0 Å². The predicted octanol–water partition coefficient (Wildman–Crippen LogP) is 2.42. The molecule has 9 nitrogen and oxygen atoms in total. The second-order valence-electron chi connectivity index (χ2n) is 8.94. The third-order valence-electron chi connectivity index (χ3n) is 5.99. The van der Waals surface area contributed by atoms with Gasteiger partial charge in [-0.1, -0.05) is 12.1 Å². The third kappa shape index (κ3) is 6.85. The van der Waals surface area contributed by atoms with Crippen LogP contribution in [0, 0.1) is 0 Å². The first-order valence-corrected chi connectivity index (χ1v) is 10.8. The zero-order chi connectivity index (χ0) is 23.9. The molecule has 32 heavy (non-hydrogen) atoms. The standard InChI is InChI=1S/C22H35BN2O7/c1-21(2)22(3,4)32-23(31-21)18(25-19(26)17(14-29-5)24-20(27)28)12-8-10-15-9-7-11-16(13-15)30-6/h7,9,11,13,17-18,24H,8,10,12,14H2,1-6H3,(H,25,26)(H,27,28)/t17-,18+/m1/s1. The maximum atomic E-state index is 12.8. The molecule has 1 heterocycles. The Kier molecular flexibility index (Phi) is 8.94. The molecule has 1 fully saturated rings. The van der Waals surface area contributed by atoms with Gasteiger partial charge in [0, 0.05) is 7.11 Å². The summed E-state index contributed by atoms with van der Waals surface area (Å²) in [5.41, 5.74) is 0.00494. The number of benzene rings is 1. The lowest BCUT2D eigenvalue weighted by atomic mass is 9.75. The Bertz CT molecular complexity index is 771. The summed E-state index contributed by atoms with van der Waals surface area (Å²) in [5.74, 6) is -0.167. The zero-order valence-electron chi connectivity index (χ0n) is 19.8. The van der Waals surface area contributed by atoms with Gasteiger partial charge in [0.1, 0.15) is 11.8 Å². The largest absolute Gasteiger partial charge is 0.497 e. The molecule has 1 aromatic rings. The van der Waals surface area contributed by atoms with E-state index in [0.29, 0.717) is 6.42 Å². The number of hydrogen-bond donors (Lipinski definition) is 3. The molecule has 0 aromatic heterocycles. The van der Waals surface area contributed by atoms with Crippen LogP contribution in [-0.4, -0.2) is 68.2 Å². The van der Waals surface area contributed by atoms with Crippen molar-refractivity contribution < 1.29 is 33.5 Å². The van der Waals surface area contributed by atoms with Gasteiger partial charge in [-0.15, -0.1) is 0 Å². The van der Waals surface area contributed by atoms with Crippen molar-refractivity contribution >= 4 is 19.1 Å². The molecule has 1 saturated heterocycles. The van der Waals surface area contributed by atoms with Crippen molar-refractivity contribution in [3.05, 3.63) is 29.8 Å². The fourth-order valence-corrected chi connectivity index (χ4v) is 3.47. The molecular formula is C22H35BN2O7. The van der Waals surface area contributed by atoms with Gasteiger partial charge in [0.05, 0.1) is 30.9 Å². The minimum Gasteiger partial charge on any atom is -0.497 e. The van der Waals surface area contributed by atoms with Crippen LogP contribution >= 0.6 is 0 Å². The summed E-state index contributed by atoms with van der Waals surface area (Å²) in [4.78, 5) is 23.9. The highest BCUT2D eigenvalue weighted by Crippen LogP contribution is 2.38. The number of amides is 2. The maximum absolute atomic E-state index is 12.8. The average Bonchev–Trinajstić information content (AvgIpc) is 2.93. The van der Waals surface area contributed by atoms with E-state index in [4.69, 9.17) is 23.9 Å². The normalized spacial score (nSPS) is 18.6. The van der Waals surface area contributed by atoms with Gasteiger partial charge in [0.2, 0.25) is 5.91 Å². The summed E-state index contributed by atoms with van der Waals surface area (Å²) in [6, 6.07) is 6.79. The molecule has 0 unspecified atom stereocenters. The molecule has 10 heteroatoms. The maximum Gasteiger partial charge on any atom is 0.481 e. The molecule has 0 aliphatic carbocycles. The van der Waals surface area contributed by atoms with Crippen molar-refractivity contribution in [1.82, 2.24) is 10.6 Å². The van der Waals surface area contributed by atoms with Crippen molar-refractivity contribution in [2.24, 2.45) is 0 Å². The Hall–Kier alpha value is -2.30. The number of carboxylic acid groups (broad SMARTS) is 1. The molecule has 2 amide bonds. The molecular weight excluding hydrogens is 415 g/mol. The van der Waals surface area contributed by atoms with E-state index < -0.39 is 42.3 Å². The first-order chi connectivity index (χ1) is 15.0. The molecule has 1 aromatic carbocycles. The first-order valence-electron chi connectivity index (χ1n) is 10.8. The minimum atomic E-state index is -1.30. The number of carbonyl (C=O) groups is 2. The molecule has 178 valence electrons. The second kappa shape index (κ2) is 11.0. The van der Waals surface area contributed by atoms with E-state index >= 15 is 0 Å².